The monoisotopic (exact) mass is 241 g/mol. The van der Waals surface area contributed by atoms with Crippen molar-refractivity contribution in [2.45, 2.75) is 32.6 Å². The Morgan fingerprint density at radius 2 is 1.78 bits per heavy atom. The zero-order chi connectivity index (χ0) is 12.5. The van der Waals surface area contributed by atoms with Gasteiger partial charge in [0.2, 0.25) is 6.67 Å². The lowest BCUT2D eigenvalue weighted by Gasteiger charge is -2.31. The zero-order valence-corrected chi connectivity index (χ0v) is 11.3. The molecule has 0 atom stereocenters. The van der Waals surface area contributed by atoms with Crippen LogP contribution in [0.25, 0.3) is 0 Å². The first-order valence-corrected chi connectivity index (χ1v) is 6.87. The van der Waals surface area contributed by atoms with Gasteiger partial charge in [0.1, 0.15) is 7.05 Å². The lowest BCUT2D eigenvalue weighted by atomic mass is 9.89. The molecule has 1 heterocycles. The number of hydrogen-bond donors (Lipinski definition) is 0. The van der Waals surface area contributed by atoms with Crippen molar-refractivity contribution in [2.24, 2.45) is 0 Å². The normalized spacial score (nSPS) is 20.2. The van der Waals surface area contributed by atoms with E-state index >= 15 is 0 Å². The predicted octanol–water partition coefficient (Wildman–Crippen LogP) is 3.40. The molecule has 0 radical (unpaired) electrons. The van der Waals surface area contributed by atoms with Gasteiger partial charge in [-0.1, -0.05) is 18.2 Å². The van der Waals surface area contributed by atoms with E-state index in [1.54, 1.807) is 11.3 Å². The van der Waals surface area contributed by atoms with Gasteiger partial charge in [0.05, 0.1) is 0 Å². The lowest BCUT2D eigenvalue weighted by Crippen LogP contribution is -2.40. The van der Waals surface area contributed by atoms with Crippen molar-refractivity contribution in [2.75, 3.05) is 18.6 Å². The summed E-state index contributed by atoms with van der Waals surface area (Å²) in [6.07, 6.45) is 5.19. The van der Waals surface area contributed by atoms with Crippen LogP contribution in [-0.4, -0.2) is 24.0 Å². The van der Waals surface area contributed by atoms with E-state index in [4.69, 9.17) is 0 Å². The fraction of sp³-hybridized carbons (Fsp3) is 0.438. The Morgan fingerprint density at radius 1 is 1.06 bits per heavy atom. The van der Waals surface area contributed by atoms with Crippen LogP contribution in [0.5, 0.6) is 0 Å². The molecular weight excluding hydrogens is 220 g/mol. The summed E-state index contributed by atoms with van der Waals surface area (Å²) in [5.41, 5.74) is 5.91. The van der Waals surface area contributed by atoms with Gasteiger partial charge >= 0.3 is 0 Å². The van der Waals surface area contributed by atoms with Crippen LogP contribution < -0.4 is 4.90 Å². The summed E-state index contributed by atoms with van der Waals surface area (Å²) in [5.74, 6) is 0. The van der Waals surface area contributed by atoms with Crippen molar-refractivity contribution in [1.29, 1.82) is 0 Å². The highest BCUT2D eigenvalue weighted by Gasteiger charge is 2.30. The van der Waals surface area contributed by atoms with Crippen LogP contribution in [0, 0.1) is 0 Å². The van der Waals surface area contributed by atoms with Gasteiger partial charge in [0.15, 0.2) is 5.71 Å². The Hall–Kier alpha value is -1.57. The highest BCUT2D eigenvalue weighted by molar-refractivity contribution is 5.98. The van der Waals surface area contributed by atoms with Gasteiger partial charge in [-0.15, -0.1) is 0 Å². The van der Waals surface area contributed by atoms with Crippen molar-refractivity contribution in [1.82, 2.24) is 0 Å². The van der Waals surface area contributed by atoms with Crippen LogP contribution in [0.1, 0.15) is 32.6 Å². The third kappa shape index (κ3) is 1.86. The summed E-state index contributed by atoms with van der Waals surface area (Å²) in [6.45, 7) is 3.26. The number of nitrogens with zero attached hydrogens (tertiary/aromatic N) is 2. The molecule has 0 spiro atoms. The van der Waals surface area contributed by atoms with Gasteiger partial charge in [0, 0.05) is 23.4 Å². The zero-order valence-electron chi connectivity index (χ0n) is 11.3. The average molecular weight is 241 g/mol. The van der Waals surface area contributed by atoms with Gasteiger partial charge in [-0.25, -0.2) is 4.58 Å². The van der Waals surface area contributed by atoms with E-state index in [1.165, 1.54) is 37.1 Å². The minimum absolute atomic E-state index is 0.981. The predicted molar refractivity (Wildman–Crippen MR) is 76.1 cm³/mol. The van der Waals surface area contributed by atoms with Crippen molar-refractivity contribution >= 4 is 11.4 Å². The number of hydrogen-bond acceptors (Lipinski definition) is 1. The first-order chi connectivity index (χ1) is 8.77. The molecule has 1 aliphatic carbocycles. The molecule has 18 heavy (non-hydrogen) atoms. The van der Waals surface area contributed by atoms with E-state index in [2.05, 4.69) is 53.8 Å². The highest BCUT2D eigenvalue weighted by Crippen LogP contribution is 2.30. The van der Waals surface area contributed by atoms with Crippen molar-refractivity contribution in [3.63, 3.8) is 0 Å². The summed E-state index contributed by atoms with van der Waals surface area (Å²) in [4.78, 5) is 2.43. The summed E-state index contributed by atoms with van der Waals surface area (Å²) >= 11 is 0. The molecule has 0 unspecified atom stereocenters. The Labute approximate surface area is 109 Å². The van der Waals surface area contributed by atoms with E-state index < -0.39 is 0 Å². The maximum absolute atomic E-state index is 2.43. The molecule has 94 valence electrons. The molecule has 3 rings (SSSR count). The van der Waals surface area contributed by atoms with Gasteiger partial charge in [-0.05, 0) is 38.3 Å². The summed E-state index contributed by atoms with van der Waals surface area (Å²) in [6, 6.07) is 10.7. The second-order valence-electron chi connectivity index (χ2n) is 5.32. The summed E-state index contributed by atoms with van der Waals surface area (Å²) in [5, 5.41) is 0. The van der Waals surface area contributed by atoms with Crippen LogP contribution >= 0.6 is 0 Å². The average Bonchev–Trinajstić information content (AvgIpc) is 2.44. The lowest BCUT2D eigenvalue weighted by molar-refractivity contribution is -0.498. The quantitative estimate of drug-likeness (QED) is 0.683. The molecule has 0 saturated heterocycles. The molecule has 1 aromatic rings. The van der Waals surface area contributed by atoms with E-state index in [9.17, 15) is 0 Å². The summed E-state index contributed by atoms with van der Waals surface area (Å²) < 4.78 is 2.43. The molecule has 0 amide bonds. The highest BCUT2D eigenvalue weighted by atomic mass is 15.3. The Kier molecular flexibility index (Phi) is 2.94. The van der Waals surface area contributed by atoms with Crippen molar-refractivity contribution < 1.29 is 4.58 Å². The SMILES string of the molecule is CC1=C2CCCCC2=[N+](C)CN1c1ccccc1. The minimum atomic E-state index is 0.981. The fourth-order valence-corrected chi connectivity index (χ4v) is 3.15. The number of allylic oxidation sites excluding steroid dienone is 2. The van der Waals surface area contributed by atoms with Crippen molar-refractivity contribution in [3.05, 3.63) is 41.6 Å². The number of fused-ring (bicyclic) bond motifs is 1. The second-order valence-corrected chi connectivity index (χ2v) is 5.32. The number of anilines is 1. The largest absolute Gasteiger partial charge is 0.290 e. The molecule has 0 aromatic heterocycles. The molecule has 2 heteroatoms. The van der Waals surface area contributed by atoms with E-state index in [0.717, 1.165) is 6.67 Å². The van der Waals surface area contributed by atoms with E-state index in [-0.39, 0.29) is 0 Å². The first kappa shape index (κ1) is 11.5. The van der Waals surface area contributed by atoms with E-state index in [1.807, 2.05) is 0 Å². The Bertz CT molecular complexity index is 511. The maximum atomic E-state index is 2.43. The number of para-hydroxylation sites is 1. The standard InChI is InChI=1S/C16H21N2/c1-13-15-10-6-7-11-16(15)17(2)12-18(13)14-8-4-3-5-9-14/h3-5,8-9H,6-7,10-12H2,1-2H3/q+1. The van der Waals surface area contributed by atoms with Gasteiger partial charge in [0.25, 0.3) is 0 Å². The molecule has 0 bridgehead atoms. The number of rotatable bonds is 1. The van der Waals surface area contributed by atoms with Crippen LogP contribution in [0.2, 0.25) is 0 Å². The molecule has 0 N–H and O–H groups in total. The second kappa shape index (κ2) is 4.60. The number of benzene rings is 1. The van der Waals surface area contributed by atoms with Gasteiger partial charge in [-0.3, -0.25) is 4.90 Å². The maximum Gasteiger partial charge on any atom is 0.222 e. The van der Waals surface area contributed by atoms with Gasteiger partial charge < -0.3 is 0 Å². The third-order valence-electron chi connectivity index (χ3n) is 4.16. The third-order valence-corrected chi connectivity index (χ3v) is 4.16. The molecule has 1 saturated carbocycles. The fourth-order valence-electron chi connectivity index (χ4n) is 3.15. The van der Waals surface area contributed by atoms with Crippen LogP contribution in [0.15, 0.2) is 41.6 Å². The molecular formula is C16H21N2+. The topological polar surface area (TPSA) is 6.25 Å². The minimum Gasteiger partial charge on any atom is -0.290 e. The molecule has 1 aromatic carbocycles. The van der Waals surface area contributed by atoms with Crippen LogP contribution in [-0.2, 0) is 0 Å². The van der Waals surface area contributed by atoms with Gasteiger partial charge in [-0.2, -0.15) is 0 Å². The molecule has 1 aliphatic heterocycles. The molecule has 2 aliphatic rings. The molecule has 1 fully saturated rings. The Morgan fingerprint density at radius 3 is 2.56 bits per heavy atom. The van der Waals surface area contributed by atoms with Crippen molar-refractivity contribution in [3.8, 4) is 0 Å². The Balaban J connectivity index is 2.02. The van der Waals surface area contributed by atoms with Crippen LogP contribution in [0.4, 0.5) is 5.69 Å². The van der Waals surface area contributed by atoms with Crippen LogP contribution in [0.3, 0.4) is 0 Å². The smallest absolute Gasteiger partial charge is 0.222 e. The van der Waals surface area contributed by atoms with E-state index in [0.29, 0.717) is 0 Å². The first-order valence-electron chi connectivity index (χ1n) is 6.87. The summed E-state index contributed by atoms with van der Waals surface area (Å²) in [7, 11) is 2.23. The molecule has 2 nitrogen and oxygen atoms in total.